The molecule has 80 heavy (non-hydrogen) atoms. The van der Waals surface area contributed by atoms with Crippen LogP contribution in [0.25, 0.3) is 0 Å². The molecule has 1 fully saturated rings. The lowest BCUT2D eigenvalue weighted by molar-refractivity contribution is -0.167. The Morgan fingerprint density at radius 1 is 0.188 bits per heavy atom. The SMILES string of the molecule is CCCCC1(CCCC)CCCCCCCCCCCCCCCCCCCCCCCCCCCCCCCCCCCCCCCCCCCCCCCCCCCCCCCCCC(CO)(CO)C1(CCCC)CCCC. The molecule has 1 rings (SSSR count). The van der Waals surface area contributed by atoms with Gasteiger partial charge in [0.15, 0.2) is 0 Å². The van der Waals surface area contributed by atoms with E-state index in [0.717, 1.165) is 6.42 Å². The van der Waals surface area contributed by atoms with Gasteiger partial charge in [0.2, 0.25) is 0 Å². The van der Waals surface area contributed by atoms with Gasteiger partial charge in [-0.1, -0.05) is 432 Å². The largest absolute Gasteiger partial charge is 0.396 e. The molecule has 0 saturated heterocycles. The third-order valence-corrected chi connectivity index (χ3v) is 21.4. The van der Waals surface area contributed by atoms with Gasteiger partial charge in [-0.25, -0.2) is 0 Å². The highest BCUT2D eigenvalue weighted by molar-refractivity contribution is 5.08. The zero-order valence-corrected chi connectivity index (χ0v) is 56.6. The van der Waals surface area contributed by atoms with Crippen LogP contribution in [-0.4, -0.2) is 23.4 Å². The van der Waals surface area contributed by atoms with E-state index < -0.39 is 5.41 Å². The molecule has 0 radical (unpaired) electrons. The van der Waals surface area contributed by atoms with E-state index in [-0.39, 0.29) is 24.0 Å². The number of unbranched alkanes of at least 4 members (excludes halogenated alkanes) is 4. The van der Waals surface area contributed by atoms with Crippen molar-refractivity contribution in [1.29, 1.82) is 0 Å². The molecule has 1 saturated carbocycles. The maximum atomic E-state index is 11.8. The highest BCUT2D eigenvalue weighted by Gasteiger charge is 2.59. The van der Waals surface area contributed by atoms with E-state index in [4.69, 9.17) is 0 Å². The second kappa shape index (κ2) is 60.6. The molecule has 0 aromatic rings. The molecule has 0 aromatic heterocycles. The molecule has 480 valence electrons. The van der Waals surface area contributed by atoms with Gasteiger partial charge in [-0.15, -0.1) is 0 Å². The molecule has 0 aromatic carbocycles. The van der Waals surface area contributed by atoms with E-state index >= 15 is 0 Å². The third kappa shape index (κ3) is 41.1. The first-order valence-corrected chi connectivity index (χ1v) is 38.8. The number of aliphatic hydroxyl groups excluding tert-OH is 2. The van der Waals surface area contributed by atoms with E-state index in [2.05, 4.69) is 27.7 Å². The molecule has 0 bridgehead atoms. The van der Waals surface area contributed by atoms with E-state index in [1.54, 1.807) is 0 Å². The van der Waals surface area contributed by atoms with Crippen LogP contribution in [0.2, 0.25) is 0 Å². The Bertz CT molecular complexity index is 1140. The molecule has 0 unspecified atom stereocenters. The summed E-state index contributed by atoms with van der Waals surface area (Å²) in [5.74, 6) is 0. The van der Waals surface area contributed by atoms with Crippen LogP contribution in [0.5, 0.6) is 0 Å². The van der Waals surface area contributed by atoms with Crippen LogP contribution >= 0.6 is 0 Å². The molecule has 2 nitrogen and oxygen atoms in total. The van der Waals surface area contributed by atoms with Gasteiger partial charge in [-0.3, -0.25) is 0 Å². The smallest absolute Gasteiger partial charge is 0.0514 e. The fraction of sp³-hybridized carbons (Fsp3) is 1.00. The maximum Gasteiger partial charge on any atom is 0.0514 e. The van der Waals surface area contributed by atoms with Crippen molar-refractivity contribution in [2.24, 2.45) is 16.2 Å². The summed E-state index contributed by atoms with van der Waals surface area (Å²) in [5.41, 5.74) is -0.189. The predicted molar refractivity (Wildman–Crippen MR) is 363 cm³/mol. The Kier molecular flexibility index (Phi) is 59.0. The first-order chi connectivity index (χ1) is 39.6. The van der Waals surface area contributed by atoms with Crippen molar-refractivity contribution in [2.75, 3.05) is 13.2 Å². The third-order valence-electron chi connectivity index (χ3n) is 21.4. The minimum absolute atomic E-state index is 0.000919. The Morgan fingerprint density at radius 3 is 0.475 bits per heavy atom. The summed E-state index contributed by atoms with van der Waals surface area (Å²) in [4.78, 5) is 0. The van der Waals surface area contributed by atoms with Crippen LogP contribution < -0.4 is 0 Å². The van der Waals surface area contributed by atoms with E-state index in [9.17, 15) is 10.2 Å². The van der Waals surface area contributed by atoms with Crippen molar-refractivity contribution in [1.82, 2.24) is 0 Å². The zero-order chi connectivity index (χ0) is 57.7. The zero-order valence-electron chi connectivity index (χ0n) is 56.6. The summed E-state index contributed by atoms with van der Waals surface area (Å²) in [5, 5.41) is 23.7. The highest BCUT2D eigenvalue weighted by Crippen LogP contribution is 2.65. The molecule has 0 spiro atoms. The number of hydrogen-bond acceptors (Lipinski definition) is 2. The van der Waals surface area contributed by atoms with Crippen molar-refractivity contribution < 1.29 is 10.2 Å². The first kappa shape index (κ1) is 77.9. The second-order valence-electron chi connectivity index (χ2n) is 28.3. The van der Waals surface area contributed by atoms with Crippen LogP contribution in [0.4, 0.5) is 0 Å². The van der Waals surface area contributed by atoms with Crippen molar-refractivity contribution in [3.63, 3.8) is 0 Å². The Hall–Kier alpha value is -0.0800. The fourth-order valence-electron chi connectivity index (χ4n) is 15.9. The monoisotopic (exact) mass is 1130 g/mol. The number of aliphatic hydroxyl groups is 2. The molecule has 0 amide bonds. The Morgan fingerprint density at radius 2 is 0.325 bits per heavy atom. The Balaban J connectivity index is 2.70. The summed E-state index contributed by atoms with van der Waals surface area (Å²) in [6.45, 7) is 9.90. The molecule has 0 aliphatic heterocycles. The summed E-state index contributed by atoms with van der Waals surface area (Å²) >= 11 is 0. The van der Waals surface area contributed by atoms with Crippen LogP contribution in [-0.2, 0) is 0 Å². The maximum absolute atomic E-state index is 11.8. The fourth-order valence-corrected chi connectivity index (χ4v) is 15.9. The molecule has 0 heterocycles. The average Bonchev–Trinajstić information content (AvgIpc) is 3.58. The van der Waals surface area contributed by atoms with Crippen LogP contribution in [0.15, 0.2) is 0 Å². The van der Waals surface area contributed by atoms with Crippen molar-refractivity contribution in [2.45, 2.75) is 471 Å². The molecule has 1 aliphatic carbocycles. The molecule has 2 heteroatoms. The predicted octanol–water partition coefficient (Wildman–Crippen LogP) is 27.9. The van der Waals surface area contributed by atoms with Crippen molar-refractivity contribution >= 4 is 0 Å². The van der Waals surface area contributed by atoms with Gasteiger partial charge in [0, 0.05) is 5.41 Å². The molecular formula is C78H156O2. The molecular weight excluding hydrogens is 969 g/mol. The normalized spacial score (nSPS) is 23.0. The quantitative estimate of drug-likeness (QED) is 0.182. The Labute approximate surface area is 507 Å². The standard InChI is InChI=1S/C78H156O2/c1-5-9-68-76(69-10-6-2)70-66-64-62-60-58-56-54-52-50-48-46-44-42-40-38-36-34-32-30-28-26-24-22-20-18-16-14-13-15-17-19-21-23-25-27-29-31-33-35-37-39-41-43-45-47-49-51-53-55-57-59-61-63-65-67-71-77(74-79,75-80)78(76,72-11-7-3)73-12-8-4/h79-80H,5-75H2,1-4H3. The van der Waals surface area contributed by atoms with Gasteiger partial charge < -0.3 is 10.2 Å². The topological polar surface area (TPSA) is 40.5 Å². The second-order valence-corrected chi connectivity index (χ2v) is 28.3. The van der Waals surface area contributed by atoms with Gasteiger partial charge in [0.05, 0.1) is 13.2 Å². The summed E-state index contributed by atoms with van der Waals surface area (Å²) in [6, 6.07) is 0. The van der Waals surface area contributed by atoms with Crippen molar-refractivity contribution in [3.05, 3.63) is 0 Å². The number of rotatable bonds is 14. The van der Waals surface area contributed by atoms with Crippen LogP contribution in [0.3, 0.4) is 0 Å². The lowest BCUT2D eigenvalue weighted by Crippen LogP contribution is -2.57. The molecule has 2 N–H and O–H groups in total. The summed E-state index contributed by atoms with van der Waals surface area (Å²) in [6.07, 6.45) is 96.9. The van der Waals surface area contributed by atoms with Gasteiger partial charge in [-0.2, -0.15) is 0 Å². The van der Waals surface area contributed by atoms with Gasteiger partial charge in [0.25, 0.3) is 0 Å². The van der Waals surface area contributed by atoms with Crippen LogP contribution in [0, 0.1) is 16.2 Å². The lowest BCUT2D eigenvalue weighted by atomic mass is 9.43. The average molecular weight is 1130 g/mol. The first-order valence-electron chi connectivity index (χ1n) is 38.8. The van der Waals surface area contributed by atoms with Gasteiger partial charge in [0.1, 0.15) is 0 Å². The number of hydrogen-bond donors (Lipinski definition) is 2. The van der Waals surface area contributed by atoms with E-state index in [1.807, 2.05) is 0 Å². The van der Waals surface area contributed by atoms with Crippen molar-refractivity contribution in [3.8, 4) is 0 Å². The summed E-state index contributed by atoms with van der Waals surface area (Å²) < 4.78 is 0. The molecule has 1 aliphatic rings. The highest BCUT2D eigenvalue weighted by atomic mass is 16.3. The van der Waals surface area contributed by atoms with Gasteiger partial charge in [-0.05, 0) is 49.4 Å². The minimum atomic E-state index is -0.391. The van der Waals surface area contributed by atoms with E-state index in [1.165, 1.54) is 437 Å². The van der Waals surface area contributed by atoms with E-state index in [0.29, 0.717) is 0 Å². The molecule has 0 atom stereocenters. The summed E-state index contributed by atoms with van der Waals surface area (Å²) in [7, 11) is 0. The van der Waals surface area contributed by atoms with Gasteiger partial charge >= 0.3 is 0 Å². The van der Waals surface area contributed by atoms with Crippen LogP contribution in [0.1, 0.15) is 471 Å². The minimum Gasteiger partial charge on any atom is -0.396 e. The lowest BCUT2D eigenvalue weighted by Gasteiger charge is -2.62.